The molecule has 0 spiro atoms. The van der Waals surface area contributed by atoms with Gasteiger partial charge in [0.05, 0.1) is 0 Å². The third-order valence-corrected chi connectivity index (χ3v) is 0. The minimum absolute atomic E-state index is 0. The van der Waals surface area contributed by atoms with Crippen LogP contribution in [-0.4, -0.2) is 27.4 Å². The quantitative estimate of drug-likeness (QED) is 0.396. The predicted octanol–water partition coefficient (Wildman–Crippen LogP) is -4.13. The second-order valence-corrected chi connectivity index (χ2v) is 0. The van der Waals surface area contributed by atoms with Gasteiger partial charge in [0, 0.05) is 22.4 Å². The van der Waals surface area contributed by atoms with Gasteiger partial charge in [0.15, 0.2) is 0 Å². The minimum atomic E-state index is 0. The third kappa shape index (κ3) is 195. The summed E-state index contributed by atoms with van der Waals surface area (Å²) in [5.74, 6) is 0. The first-order chi connectivity index (χ1) is 0. The first kappa shape index (κ1) is 688. The van der Waals surface area contributed by atoms with Gasteiger partial charge in [-0.15, -0.1) is 0 Å². The Kier molecular flexibility index (Phi) is 44900. The van der Waals surface area contributed by atoms with Gasteiger partial charge in [-0.2, -0.15) is 0 Å². The molecule has 0 aliphatic heterocycles. The summed E-state index contributed by atoms with van der Waals surface area (Å²) < 4.78 is 0. The molecular formula is H10AuO5. The molecule has 5 nitrogen and oxygen atoms in total. The van der Waals surface area contributed by atoms with Crippen LogP contribution in [0.15, 0.2) is 0 Å². The molecule has 1 radical (unpaired) electrons. The molecule has 0 saturated heterocycles. The van der Waals surface area contributed by atoms with Crippen LogP contribution in [0.4, 0.5) is 0 Å². The second-order valence-electron chi connectivity index (χ2n) is 0. The average molecular weight is 287 g/mol. The fourth-order valence-electron chi connectivity index (χ4n) is 0. The van der Waals surface area contributed by atoms with E-state index in [4.69, 9.17) is 0 Å². The van der Waals surface area contributed by atoms with E-state index in [0.29, 0.717) is 0 Å². The Bertz CT molecular complexity index is 3.90. The van der Waals surface area contributed by atoms with Crippen LogP contribution in [0.3, 0.4) is 0 Å². The fourth-order valence-corrected chi connectivity index (χ4v) is 0. The summed E-state index contributed by atoms with van der Waals surface area (Å²) in [6, 6.07) is 0. The van der Waals surface area contributed by atoms with Gasteiger partial charge in [0.25, 0.3) is 0 Å². The standard InChI is InChI=1S/Au.5H2O/h;5*1H2. The molecule has 0 aromatic carbocycles. The first-order valence-corrected chi connectivity index (χ1v) is 0. The molecular weight excluding hydrogens is 277 g/mol. The summed E-state index contributed by atoms with van der Waals surface area (Å²) in [6.07, 6.45) is 0. The topological polar surface area (TPSA) is 158 Å². The van der Waals surface area contributed by atoms with Crippen molar-refractivity contribution in [1.82, 2.24) is 0 Å². The molecule has 0 aromatic heterocycles. The number of rotatable bonds is 0. The summed E-state index contributed by atoms with van der Waals surface area (Å²) in [5, 5.41) is 0. The molecule has 0 saturated carbocycles. The molecule has 0 amide bonds. The Morgan fingerprint density at radius 3 is 0.333 bits per heavy atom. The van der Waals surface area contributed by atoms with Gasteiger partial charge in [0.1, 0.15) is 0 Å². The molecule has 51 valence electrons. The van der Waals surface area contributed by atoms with Crippen molar-refractivity contribution < 1.29 is 49.8 Å². The van der Waals surface area contributed by atoms with Gasteiger partial charge < -0.3 is 27.4 Å². The molecule has 0 heterocycles. The minimum Gasteiger partial charge on any atom is -0.412 e. The van der Waals surface area contributed by atoms with E-state index in [1.54, 1.807) is 0 Å². The van der Waals surface area contributed by atoms with E-state index < -0.39 is 0 Å². The van der Waals surface area contributed by atoms with Crippen molar-refractivity contribution in [1.29, 1.82) is 0 Å². The molecule has 6 heteroatoms. The van der Waals surface area contributed by atoms with Gasteiger partial charge in [-0.1, -0.05) is 0 Å². The predicted molar refractivity (Wildman–Crippen MR) is 18.1 cm³/mol. The molecule has 0 rings (SSSR count). The van der Waals surface area contributed by atoms with Crippen molar-refractivity contribution in [2.24, 2.45) is 0 Å². The van der Waals surface area contributed by atoms with Crippen molar-refractivity contribution >= 4 is 0 Å². The van der Waals surface area contributed by atoms with Gasteiger partial charge in [-0.05, 0) is 0 Å². The normalized spacial score (nSPS) is 0. The van der Waals surface area contributed by atoms with E-state index in [-0.39, 0.29) is 49.8 Å². The fraction of sp³-hybridized carbons (Fsp3) is 0. The monoisotopic (exact) mass is 287 g/mol. The number of hydrogen-bond acceptors (Lipinski definition) is 0. The van der Waals surface area contributed by atoms with Crippen LogP contribution in [0.25, 0.3) is 0 Å². The molecule has 10 N–H and O–H groups in total. The van der Waals surface area contributed by atoms with E-state index in [1.807, 2.05) is 0 Å². The van der Waals surface area contributed by atoms with Gasteiger partial charge >= 0.3 is 0 Å². The smallest absolute Gasteiger partial charge is 0 e. The van der Waals surface area contributed by atoms with Crippen molar-refractivity contribution in [3.63, 3.8) is 0 Å². The molecule has 0 unspecified atom stereocenters. The van der Waals surface area contributed by atoms with Gasteiger partial charge in [-0.3, -0.25) is 0 Å². The van der Waals surface area contributed by atoms with Crippen LogP contribution in [0, 0.1) is 0 Å². The van der Waals surface area contributed by atoms with Crippen molar-refractivity contribution in [3.8, 4) is 0 Å². The molecule has 0 fully saturated rings. The van der Waals surface area contributed by atoms with Crippen LogP contribution in [-0.2, 0) is 22.4 Å². The van der Waals surface area contributed by atoms with Gasteiger partial charge in [0.2, 0.25) is 0 Å². The largest absolute Gasteiger partial charge is 0.412 e. The molecule has 0 atom stereocenters. The second kappa shape index (κ2) is 391. The van der Waals surface area contributed by atoms with Crippen LogP contribution in [0.5, 0.6) is 0 Å². The number of hydrogen-bond donors (Lipinski definition) is 0. The van der Waals surface area contributed by atoms with Crippen LogP contribution >= 0.6 is 0 Å². The van der Waals surface area contributed by atoms with Crippen molar-refractivity contribution in [3.05, 3.63) is 0 Å². The SMILES string of the molecule is O.O.O.O.O.[Au]. The molecule has 6 heavy (non-hydrogen) atoms. The van der Waals surface area contributed by atoms with Crippen LogP contribution in [0.1, 0.15) is 0 Å². The summed E-state index contributed by atoms with van der Waals surface area (Å²) in [7, 11) is 0. The Labute approximate surface area is 50.4 Å². The Morgan fingerprint density at radius 1 is 0.333 bits per heavy atom. The van der Waals surface area contributed by atoms with Crippen LogP contribution in [0.2, 0.25) is 0 Å². The maximum Gasteiger partial charge on any atom is 0 e. The summed E-state index contributed by atoms with van der Waals surface area (Å²) in [4.78, 5) is 0. The zero-order chi connectivity index (χ0) is 0. The summed E-state index contributed by atoms with van der Waals surface area (Å²) in [6.45, 7) is 0. The third-order valence-electron chi connectivity index (χ3n) is 0. The zero-order valence-electron chi connectivity index (χ0n) is 2.80. The van der Waals surface area contributed by atoms with E-state index in [9.17, 15) is 0 Å². The average Bonchev–Trinajstić information content (AvgIpc) is 0. The molecule has 0 aromatic rings. The van der Waals surface area contributed by atoms with E-state index >= 15 is 0 Å². The maximum atomic E-state index is 0. The van der Waals surface area contributed by atoms with E-state index in [1.165, 1.54) is 0 Å². The summed E-state index contributed by atoms with van der Waals surface area (Å²) in [5.41, 5.74) is 0. The van der Waals surface area contributed by atoms with E-state index in [2.05, 4.69) is 0 Å². The molecule has 0 aliphatic carbocycles. The van der Waals surface area contributed by atoms with E-state index in [0.717, 1.165) is 0 Å². The Hall–Kier alpha value is 0.540. The maximum absolute atomic E-state index is 0. The first-order valence-electron chi connectivity index (χ1n) is 0. The van der Waals surface area contributed by atoms with Gasteiger partial charge in [-0.25, -0.2) is 0 Å². The molecule has 0 bridgehead atoms. The van der Waals surface area contributed by atoms with Crippen LogP contribution < -0.4 is 0 Å². The van der Waals surface area contributed by atoms with Crippen molar-refractivity contribution in [2.75, 3.05) is 0 Å². The zero-order valence-corrected chi connectivity index (χ0v) is 4.97. The molecule has 0 aliphatic rings. The Balaban J connectivity index is 0. The Morgan fingerprint density at radius 2 is 0.333 bits per heavy atom. The summed E-state index contributed by atoms with van der Waals surface area (Å²) >= 11 is 0. The van der Waals surface area contributed by atoms with Crippen molar-refractivity contribution in [2.45, 2.75) is 0 Å².